The molecule has 0 atom stereocenters. The first-order valence-electron chi connectivity index (χ1n) is 3.91. The largest absolute Gasteiger partial charge is 0.358 e. The van der Waals surface area contributed by atoms with E-state index >= 15 is 0 Å². The van der Waals surface area contributed by atoms with Crippen LogP contribution in [-0.2, 0) is 0 Å². The summed E-state index contributed by atoms with van der Waals surface area (Å²) < 4.78 is 0. The molecule has 0 radical (unpaired) electrons. The van der Waals surface area contributed by atoms with E-state index in [0.717, 1.165) is 6.42 Å². The second-order valence-corrected chi connectivity index (χ2v) is 2.79. The van der Waals surface area contributed by atoms with Gasteiger partial charge in [0.25, 0.3) is 0 Å². The molecule has 0 saturated carbocycles. The summed E-state index contributed by atoms with van der Waals surface area (Å²) in [4.78, 5) is 2.12. The molecule has 1 nitrogen and oxygen atoms in total. The van der Waals surface area contributed by atoms with Gasteiger partial charge in [-0.2, -0.15) is 0 Å². The van der Waals surface area contributed by atoms with Crippen molar-refractivity contribution < 1.29 is 0 Å². The molecular formula is C9H15N. The fourth-order valence-electron chi connectivity index (χ4n) is 1.24. The molecular weight excluding hydrogens is 122 g/mol. The van der Waals surface area contributed by atoms with Crippen molar-refractivity contribution in [3.63, 3.8) is 0 Å². The summed E-state index contributed by atoms with van der Waals surface area (Å²) in [6, 6.07) is 0. The van der Waals surface area contributed by atoms with E-state index in [0.29, 0.717) is 0 Å². The van der Waals surface area contributed by atoms with Crippen molar-refractivity contribution >= 4 is 0 Å². The Morgan fingerprint density at radius 2 is 2.40 bits per heavy atom. The van der Waals surface area contributed by atoms with Crippen LogP contribution in [-0.4, -0.2) is 11.9 Å². The van der Waals surface area contributed by atoms with Gasteiger partial charge in [0.05, 0.1) is 0 Å². The molecule has 1 aliphatic heterocycles. The van der Waals surface area contributed by atoms with Gasteiger partial charge in [-0.05, 0) is 19.0 Å². The van der Waals surface area contributed by atoms with Gasteiger partial charge in [0, 0.05) is 13.2 Å². The fourth-order valence-corrected chi connectivity index (χ4v) is 1.24. The Hall–Kier alpha value is -0.720. The van der Waals surface area contributed by atoms with Crippen LogP contribution in [0.3, 0.4) is 0 Å². The quantitative estimate of drug-likeness (QED) is 0.565. The van der Waals surface area contributed by atoms with E-state index in [4.69, 9.17) is 0 Å². The number of hydrogen-bond acceptors (Lipinski definition) is 1. The summed E-state index contributed by atoms with van der Waals surface area (Å²) in [5.41, 5.74) is 1.55. The Morgan fingerprint density at radius 3 is 3.00 bits per heavy atom. The first kappa shape index (κ1) is 7.39. The summed E-state index contributed by atoms with van der Waals surface area (Å²) in [6.07, 6.45) is 10.2. The molecule has 1 heteroatoms. The molecule has 1 aliphatic rings. The van der Waals surface area contributed by atoms with Gasteiger partial charge in [-0.3, -0.25) is 0 Å². The average Bonchev–Trinajstić information content (AvgIpc) is 1.88. The molecule has 0 amide bonds. The highest BCUT2D eigenvalue weighted by Crippen LogP contribution is 2.14. The van der Waals surface area contributed by atoms with Crippen LogP contribution < -0.4 is 0 Å². The van der Waals surface area contributed by atoms with E-state index in [2.05, 4.69) is 37.3 Å². The van der Waals surface area contributed by atoms with Crippen LogP contribution in [0.15, 0.2) is 24.0 Å². The lowest BCUT2D eigenvalue weighted by atomic mass is 10.1. The van der Waals surface area contributed by atoms with Crippen molar-refractivity contribution in [3.8, 4) is 0 Å². The van der Waals surface area contributed by atoms with Crippen LogP contribution in [0.1, 0.15) is 26.2 Å². The zero-order chi connectivity index (χ0) is 7.40. The third-order valence-corrected chi connectivity index (χ3v) is 1.68. The maximum Gasteiger partial charge on any atom is 0.0106 e. The van der Waals surface area contributed by atoms with Gasteiger partial charge in [-0.25, -0.2) is 0 Å². The molecule has 10 heavy (non-hydrogen) atoms. The molecule has 0 bridgehead atoms. The van der Waals surface area contributed by atoms with Gasteiger partial charge in [0.15, 0.2) is 0 Å². The van der Waals surface area contributed by atoms with Crippen molar-refractivity contribution in [2.75, 3.05) is 7.05 Å². The maximum absolute atomic E-state index is 2.23. The molecule has 0 fully saturated rings. The predicted octanol–water partition coefficient (Wildman–Crippen LogP) is 2.52. The monoisotopic (exact) mass is 137 g/mol. The summed E-state index contributed by atoms with van der Waals surface area (Å²) in [5.74, 6) is 0. The van der Waals surface area contributed by atoms with Gasteiger partial charge < -0.3 is 4.90 Å². The second-order valence-electron chi connectivity index (χ2n) is 2.79. The number of hydrogen-bond donors (Lipinski definition) is 0. The lowest BCUT2D eigenvalue weighted by molar-refractivity contribution is 0.594. The predicted molar refractivity (Wildman–Crippen MR) is 44.5 cm³/mol. The SMILES string of the molecule is CCCC1=CN(C)C=CC1. The molecule has 56 valence electrons. The minimum atomic E-state index is 1.15. The van der Waals surface area contributed by atoms with E-state index in [1.54, 1.807) is 5.57 Å². The van der Waals surface area contributed by atoms with Crippen LogP contribution >= 0.6 is 0 Å². The molecule has 0 spiro atoms. The third kappa shape index (κ3) is 1.90. The zero-order valence-corrected chi connectivity index (χ0v) is 6.80. The highest BCUT2D eigenvalue weighted by atomic mass is 15.1. The van der Waals surface area contributed by atoms with E-state index in [-0.39, 0.29) is 0 Å². The van der Waals surface area contributed by atoms with Crippen molar-refractivity contribution in [1.82, 2.24) is 4.90 Å². The van der Waals surface area contributed by atoms with Crippen LogP contribution in [0.4, 0.5) is 0 Å². The summed E-state index contributed by atoms with van der Waals surface area (Å²) >= 11 is 0. The fraction of sp³-hybridized carbons (Fsp3) is 0.556. The Labute approximate surface area is 63.0 Å². The molecule has 0 unspecified atom stereocenters. The summed E-state index contributed by atoms with van der Waals surface area (Å²) in [5, 5.41) is 0. The lowest BCUT2D eigenvalue weighted by Gasteiger charge is -2.15. The Morgan fingerprint density at radius 1 is 1.60 bits per heavy atom. The third-order valence-electron chi connectivity index (χ3n) is 1.68. The van der Waals surface area contributed by atoms with Crippen molar-refractivity contribution in [2.24, 2.45) is 0 Å². The zero-order valence-electron chi connectivity index (χ0n) is 6.80. The molecule has 0 aromatic heterocycles. The average molecular weight is 137 g/mol. The van der Waals surface area contributed by atoms with Crippen LogP contribution in [0, 0.1) is 0 Å². The maximum atomic E-state index is 2.23. The minimum absolute atomic E-state index is 1.15. The Balaban J connectivity index is 2.45. The molecule has 0 aromatic rings. The van der Waals surface area contributed by atoms with Crippen LogP contribution in [0.25, 0.3) is 0 Å². The van der Waals surface area contributed by atoms with E-state index in [9.17, 15) is 0 Å². The van der Waals surface area contributed by atoms with Gasteiger partial charge in [-0.1, -0.05) is 25.0 Å². The van der Waals surface area contributed by atoms with E-state index in [1.165, 1.54) is 12.8 Å². The summed E-state index contributed by atoms with van der Waals surface area (Å²) in [7, 11) is 2.07. The number of nitrogens with zero attached hydrogens (tertiary/aromatic N) is 1. The van der Waals surface area contributed by atoms with Crippen molar-refractivity contribution in [2.45, 2.75) is 26.2 Å². The van der Waals surface area contributed by atoms with Gasteiger partial charge in [0.1, 0.15) is 0 Å². The summed E-state index contributed by atoms with van der Waals surface area (Å²) in [6.45, 7) is 2.22. The van der Waals surface area contributed by atoms with Crippen molar-refractivity contribution in [1.29, 1.82) is 0 Å². The van der Waals surface area contributed by atoms with Gasteiger partial charge in [0.2, 0.25) is 0 Å². The standard InChI is InChI=1S/C9H15N/c1-3-5-9-6-4-7-10(2)8-9/h4,7-8H,3,5-6H2,1-2H3. The van der Waals surface area contributed by atoms with Gasteiger partial charge >= 0.3 is 0 Å². The highest BCUT2D eigenvalue weighted by molar-refractivity contribution is 5.12. The second kappa shape index (κ2) is 3.45. The van der Waals surface area contributed by atoms with E-state index in [1.807, 2.05) is 0 Å². The van der Waals surface area contributed by atoms with Crippen molar-refractivity contribution in [3.05, 3.63) is 24.0 Å². The normalized spacial score (nSPS) is 17.4. The highest BCUT2D eigenvalue weighted by Gasteiger charge is 1.99. The number of rotatable bonds is 2. The Kier molecular flexibility index (Phi) is 2.55. The van der Waals surface area contributed by atoms with Crippen LogP contribution in [0.2, 0.25) is 0 Å². The molecule has 0 N–H and O–H groups in total. The molecule has 1 rings (SSSR count). The number of allylic oxidation sites excluding steroid dienone is 2. The molecule has 0 aromatic carbocycles. The minimum Gasteiger partial charge on any atom is -0.358 e. The Bertz CT molecular complexity index is 156. The molecule has 1 heterocycles. The lowest BCUT2D eigenvalue weighted by Crippen LogP contribution is -2.05. The van der Waals surface area contributed by atoms with Crippen LogP contribution in [0.5, 0.6) is 0 Å². The van der Waals surface area contributed by atoms with Gasteiger partial charge in [-0.15, -0.1) is 0 Å². The first-order valence-corrected chi connectivity index (χ1v) is 3.91. The first-order chi connectivity index (χ1) is 4.83. The molecule has 0 aliphatic carbocycles. The smallest absolute Gasteiger partial charge is 0.0106 e. The topological polar surface area (TPSA) is 3.24 Å². The molecule has 0 saturated heterocycles. The van der Waals surface area contributed by atoms with E-state index < -0.39 is 0 Å².